The number of aromatic nitrogens is 1. The standard InChI is InChI=1S/C26H24ClN3O5S/c1-14(2)35-25(33)22-15(3)29-26-30(23(22)16-7-5-4-6-8-16)24(32)20(36-26)12-17-11-18(27)9-10-19(17)34-13-21(28)31/h4-12,14,23H,13H2,1-3H3,(H2,28,31). The highest BCUT2D eigenvalue weighted by Crippen LogP contribution is 2.31. The number of hydrogen-bond acceptors (Lipinski definition) is 7. The van der Waals surface area contributed by atoms with Gasteiger partial charge in [0.2, 0.25) is 0 Å². The maximum absolute atomic E-state index is 13.7. The van der Waals surface area contributed by atoms with Crippen LogP contribution in [0.5, 0.6) is 5.75 Å². The number of allylic oxidation sites excluding steroid dienone is 1. The number of primary amides is 1. The van der Waals surface area contributed by atoms with Crippen LogP contribution in [0, 0.1) is 0 Å². The van der Waals surface area contributed by atoms with Crippen molar-refractivity contribution < 1.29 is 19.1 Å². The van der Waals surface area contributed by atoms with Crippen LogP contribution >= 0.6 is 22.9 Å². The zero-order chi connectivity index (χ0) is 26.0. The quantitative estimate of drug-likeness (QED) is 0.476. The molecule has 4 rings (SSSR count). The SMILES string of the molecule is CC1=C(C(=O)OC(C)C)C(c2ccccc2)n2c(sc(=Cc3cc(Cl)ccc3OCC(N)=O)c2=O)=N1. The van der Waals surface area contributed by atoms with Crippen LogP contribution in [0.3, 0.4) is 0 Å². The number of fused-ring (bicyclic) bond motifs is 1. The van der Waals surface area contributed by atoms with E-state index < -0.39 is 17.9 Å². The summed E-state index contributed by atoms with van der Waals surface area (Å²) in [7, 11) is 0. The first kappa shape index (κ1) is 25.4. The fraction of sp³-hybridized carbons (Fsp3) is 0.231. The molecule has 1 aliphatic heterocycles. The van der Waals surface area contributed by atoms with Crippen LogP contribution in [0.15, 0.2) is 69.6 Å². The smallest absolute Gasteiger partial charge is 0.338 e. The average molecular weight is 526 g/mol. The molecule has 0 radical (unpaired) electrons. The van der Waals surface area contributed by atoms with Crippen LogP contribution in [0.1, 0.15) is 37.9 Å². The Morgan fingerprint density at radius 1 is 1.22 bits per heavy atom. The summed E-state index contributed by atoms with van der Waals surface area (Å²) in [6, 6.07) is 13.4. The Kier molecular flexibility index (Phi) is 7.42. The Morgan fingerprint density at radius 3 is 2.61 bits per heavy atom. The molecule has 1 unspecified atom stereocenters. The topological polar surface area (TPSA) is 113 Å². The van der Waals surface area contributed by atoms with Gasteiger partial charge >= 0.3 is 5.97 Å². The van der Waals surface area contributed by atoms with Crippen molar-refractivity contribution in [2.24, 2.45) is 10.7 Å². The summed E-state index contributed by atoms with van der Waals surface area (Å²) in [6.07, 6.45) is 1.29. The van der Waals surface area contributed by atoms with Crippen molar-refractivity contribution >= 4 is 40.9 Å². The minimum absolute atomic E-state index is 0.307. The number of ether oxygens (including phenoxy) is 2. The number of benzene rings is 2. The van der Waals surface area contributed by atoms with Crippen LogP contribution < -0.4 is 25.4 Å². The first-order chi connectivity index (χ1) is 17.2. The molecule has 8 nitrogen and oxygen atoms in total. The normalized spacial score (nSPS) is 15.5. The van der Waals surface area contributed by atoms with E-state index in [4.69, 9.17) is 26.8 Å². The number of carbonyl (C=O) groups excluding carboxylic acids is 2. The van der Waals surface area contributed by atoms with Crippen molar-refractivity contribution in [1.82, 2.24) is 4.57 Å². The molecular weight excluding hydrogens is 502 g/mol. The highest BCUT2D eigenvalue weighted by atomic mass is 35.5. The van der Waals surface area contributed by atoms with E-state index in [1.807, 2.05) is 30.3 Å². The van der Waals surface area contributed by atoms with Gasteiger partial charge in [0.05, 0.1) is 27.9 Å². The van der Waals surface area contributed by atoms with Gasteiger partial charge < -0.3 is 15.2 Å². The number of hydrogen-bond donors (Lipinski definition) is 1. The van der Waals surface area contributed by atoms with E-state index in [0.717, 1.165) is 5.56 Å². The highest BCUT2D eigenvalue weighted by Gasteiger charge is 2.33. The number of esters is 1. The lowest BCUT2D eigenvalue weighted by Crippen LogP contribution is -2.40. The van der Waals surface area contributed by atoms with Gasteiger partial charge in [0.15, 0.2) is 11.4 Å². The van der Waals surface area contributed by atoms with Crippen molar-refractivity contribution in [3.05, 3.63) is 95.6 Å². The van der Waals surface area contributed by atoms with Gasteiger partial charge in [0, 0.05) is 10.6 Å². The van der Waals surface area contributed by atoms with Crippen LogP contribution in [0.4, 0.5) is 0 Å². The van der Waals surface area contributed by atoms with Crippen molar-refractivity contribution in [2.75, 3.05) is 6.61 Å². The maximum Gasteiger partial charge on any atom is 0.338 e. The second-order valence-corrected chi connectivity index (χ2v) is 9.83. The first-order valence-corrected chi connectivity index (χ1v) is 12.3. The van der Waals surface area contributed by atoms with E-state index >= 15 is 0 Å². The van der Waals surface area contributed by atoms with Crippen molar-refractivity contribution in [3.63, 3.8) is 0 Å². The molecule has 0 saturated carbocycles. The monoisotopic (exact) mass is 525 g/mol. The Labute approximate surface area is 215 Å². The van der Waals surface area contributed by atoms with Crippen LogP contribution in [0.25, 0.3) is 6.08 Å². The zero-order valence-electron chi connectivity index (χ0n) is 19.9. The lowest BCUT2D eigenvalue weighted by atomic mass is 9.96. The van der Waals surface area contributed by atoms with Crippen molar-refractivity contribution in [3.8, 4) is 5.75 Å². The van der Waals surface area contributed by atoms with Gasteiger partial charge in [-0.05, 0) is 50.6 Å². The number of nitrogens with zero attached hydrogens (tertiary/aromatic N) is 2. The second kappa shape index (κ2) is 10.5. The molecule has 186 valence electrons. The molecule has 10 heteroatoms. The van der Waals surface area contributed by atoms with Gasteiger partial charge in [0.1, 0.15) is 5.75 Å². The molecule has 0 bridgehead atoms. The van der Waals surface area contributed by atoms with E-state index in [2.05, 4.69) is 4.99 Å². The van der Waals surface area contributed by atoms with Crippen LogP contribution in [0.2, 0.25) is 5.02 Å². The summed E-state index contributed by atoms with van der Waals surface area (Å²) in [5, 5.41) is 0.428. The Hall–Kier alpha value is -3.69. The third kappa shape index (κ3) is 5.27. The number of thiazole rings is 1. The number of halogens is 1. The van der Waals surface area contributed by atoms with Gasteiger partial charge in [-0.25, -0.2) is 9.79 Å². The fourth-order valence-electron chi connectivity index (χ4n) is 3.86. The van der Waals surface area contributed by atoms with Crippen LogP contribution in [-0.4, -0.2) is 29.2 Å². The summed E-state index contributed by atoms with van der Waals surface area (Å²) in [4.78, 5) is 43.0. The lowest BCUT2D eigenvalue weighted by Gasteiger charge is -2.25. The molecule has 2 aromatic carbocycles. The molecule has 3 aromatic rings. The minimum Gasteiger partial charge on any atom is -0.483 e. The van der Waals surface area contributed by atoms with E-state index in [-0.39, 0.29) is 18.3 Å². The van der Waals surface area contributed by atoms with Gasteiger partial charge in [-0.1, -0.05) is 53.3 Å². The molecule has 0 spiro atoms. The molecule has 0 aliphatic carbocycles. The molecule has 1 atom stereocenters. The molecule has 1 aromatic heterocycles. The van der Waals surface area contributed by atoms with E-state index in [0.29, 0.717) is 36.9 Å². The summed E-state index contributed by atoms with van der Waals surface area (Å²) in [5.74, 6) is -0.804. The van der Waals surface area contributed by atoms with Gasteiger partial charge in [-0.2, -0.15) is 0 Å². The Balaban J connectivity index is 1.91. The van der Waals surface area contributed by atoms with E-state index in [1.54, 1.807) is 45.0 Å². The van der Waals surface area contributed by atoms with E-state index in [1.165, 1.54) is 15.9 Å². The van der Waals surface area contributed by atoms with Gasteiger partial charge in [0.25, 0.3) is 11.5 Å². The third-order valence-electron chi connectivity index (χ3n) is 5.33. The molecule has 1 aliphatic rings. The largest absolute Gasteiger partial charge is 0.483 e. The predicted molar refractivity (Wildman–Crippen MR) is 138 cm³/mol. The highest BCUT2D eigenvalue weighted by molar-refractivity contribution is 7.07. The molecule has 0 fully saturated rings. The Morgan fingerprint density at radius 2 is 1.94 bits per heavy atom. The third-order valence-corrected chi connectivity index (χ3v) is 6.55. The summed E-state index contributed by atoms with van der Waals surface area (Å²) < 4.78 is 12.9. The molecule has 36 heavy (non-hydrogen) atoms. The minimum atomic E-state index is -0.708. The fourth-order valence-corrected chi connectivity index (χ4v) is 5.08. The number of carbonyl (C=O) groups is 2. The van der Waals surface area contributed by atoms with Crippen molar-refractivity contribution in [2.45, 2.75) is 32.9 Å². The number of nitrogens with two attached hydrogens (primary N) is 1. The second-order valence-electron chi connectivity index (χ2n) is 8.38. The van der Waals surface area contributed by atoms with Crippen molar-refractivity contribution in [1.29, 1.82) is 0 Å². The summed E-state index contributed by atoms with van der Waals surface area (Å²) >= 11 is 7.36. The van der Waals surface area contributed by atoms with E-state index in [9.17, 15) is 14.4 Å². The molecular formula is C26H24ClN3O5S. The van der Waals surface area contributed by atoms with Gasteiger partial charge in [-0.15, -0.1) is 0 Å². The predicted octanol–water partition coefficient (Wildman–Crippen LogP) is 2.70. The summed E-state index contributed by atoms with van der Waals surface area (Å²) in [6.45, 7) is 4.95. The summed E-state index contributed by atoms with van der Waals surface area (Å²) in [5.41, 5.74) is 6.91. The average Bonchev–Trinajstić information content (AvgIpc) is 3.12. The molecule has 2 heterocycles. The zero-order valence-corrected chi connectivity index (χ0v) is 21.4. The molecule has 1 amide bonds. The maximum atomic E-state index is 13.7. The number of rotatable bonds is 7. The van der Waals surface area contributed by atoms with Gasteiger partial charge in [-0.3, -0.25) is 14.2 Å². The number of amides is 1. The first-order valence-electron chi connectivity index (χ1n) is 11.1. The lowest BCUT2D eigenvalue weighted by molar-refractivity contribution is -0.143. The Bertz CT molecular complexity index is 1540. The van der Waals surface area contributed by atoms with Crippen LogP contribution in [-0.2, 0) is 14.3 Å². The molecule has 0 saturated heterocycles. The molecule has 2 N–H and O–H groups in total.